The maximum Gasteiger partial charge on any atom is 0.251 e. The van der Waals surface area contributed by atoms with E-state index in [1.54, 1.807) is 43.5 Å². The highest BCUT2D eigenvalue weighted by Gasteiger charge is 2.41. The summed E-state index contributed by atoms with van der Waals surface area (Å²) in [7, 11) is 3.35. The number of terminal acetylenes is 1. The van der Waals surface area contributed by atoms with Gasteiger partial charge in [-0.3, -0.25) is 9.59 Å². The number of carbonyl (C=O) groups is 2. The van der Waals surface area contributed by atoms with Gasteiger partial charge in [-0.2, -0.15) is 4.98 Å². The lowest BCUT2D eigenvalue weighted by molar-refractivity contribution is -0.120. The number of anilines is 4. The summed E-state index contributed by atoms with van der Waals surface area (Å²) in [6.45, 7) is 5.56. The first kappa shape index (κ1) is 32.0. The number of fused-ring (bicyclic) bond motifs is 1. The third-order valence-electron chi connectivity index (χ3n) is 7.97. The van der Waals surface area contributed by atoms with E-state index in [-0.39, 0.29) is 23.9 Å². The van der Waals surface area contributed by atoms with Crippen molar-refractivity contribution in [3.63, 3.8) is 0 Å². The Morgan fingerprint density at radius 1 is 1.16 bits per heavy atom. The Balaban J connectivity index is 1.34. The summed E-state index contributed by atoms with van der Waals surface area (Å²) < 4.78 is 11.0. The standard InChI is InChI=1S/C32H45N7O4/c1-5-7-19-43-20-11-17-33-16-10-18-34-30(40)23-14-15-25(28(21-23)42-4)36-32-35-22-27-29(37-32)39(24-12-8-9-13-24)26(6-2)31(41)38(27)3/h1,14-15,21-22,24,26,33H,6-13,16-20H2,2-4H3,(H,34,40)(H,35,36,37)/t26-/m1/s1. The molecule has 0 bridgehead atoms. The Bertz CT molecular complexity index is 1270. The van der Waals surface area contributed by atoms with Crippen LogP contribution in [0.25, 0.3) is 0 Å². The smallest absolute Gasteiger partial charge is 0.251 e. The van der Waals surface area contributed by atoms with Crippen LogP contribution in [0.4, 0.5) is 23.1 Å². The zero-order valence-corrected chi connectivity index (χ0v) is 25.7. The molecule has 0 unspecified atom stereocenters. The first-order valence-corrected chi connectivity index (χ1v) is 15.4. The van der Waals surface area contributed by atoms with Crippen LogP contribution >= 0.6 is 0 Å². The van der Waals surface area contributed by atoms with E-state index >= 15 is 0 Å². The quantitative estimate of drug-likeness (QED) is 0.197. The Morgan fingerprint density at radius 3 is 2.70 bits per heavy atom. The van der Waals surface area contributed by atoms with E-state index in [2.05, 4.69) is 31.8 Å². The molecule has 1 aliphatic heterocycles. The SMILES string of the molecule is C#CCCOCCCNCCCNC(=O)c1ccc(Nc2ncc3c(n2)N(C2CCCC2)[C@H](CC)C(=O)N3C)c(OC)c1. The van der Waals surface area contributed by atoms with Crippen molar-refractivity contribution in [2.75, 3.05) is 62.1 Å². The molecule has 232 valence electrons. The number of rotatable bonds is 16. The predicted octanol–water partition coefficient (Wildman–Crippen LogP) is 3.87. The van der Waals surface area contributed by atoms with E-state index in [4.69, 9.17) is 20.9 Å². The van der Waals surface area contributed by atoms with Crippen molar-refractivity contribution in [3.05, 3.63) is 30.0 Å². The average molecular weight is 592 g/mol. The Morgan fingerprint density at radius 2 is 1.95 bits per heavy atom. The summed E-state index contributed by atoms with van der Waals surface area (Å²) in [5.74, 6) is 4.15. The molecule has 1 saturated carbocycles. The number of amides is 2. The van der Waals surface area contributed by atoms with E-state index in [9.17, 15) is 9.59 Å². The molecule has 2 amide bonds. The normalized spacial score (nSPS) is 16.6. The lowest BCUT2D eigenvalue weighted by Crippen LogP contribution is -2.55. The van der Waals surface area contributed by atoms with Crippen molar-refractivity contribution in [2.45, 2.75) is 70.4 Å². The monoisotopic (exact) mass is 591 g/mol. The molecule has 11 heteroatoms. The molecule has 4 rings (SSSR count). The summed E-state index contributed by atoms with van der Waals surface area (Å²) in [5, 5.41) is 9.58. The molecular weight excluding hydrogens is 546 g/mol. The second-order valence-corrected chi connectivity index (χ2v) is 10.9. The highest BCUT2D eigenvalue weighted by atomic mass is 16.5. The summed E-state index contributed by atoms with van der Waals surface area (Å²) in [6.07, 6.45) is 14.4. The Hall–Kier alpha value is -3.88. The molecule has 11 nitrogen and oxygen atoms in total. The van der Waals surface area contributed by atoms with Crippen LogP contribution in [0.15, 0.2) is 24.4 Å². The number of hydrogen-bond donors (Lipinski definition) is 3. The van der Waals surface area contributed by atoms with Gasteiger partial charge in [0.1, 0.15) is 17.5 Å². The van der Waals surface area contributed by atoms with Crippen LogP contribution in [0.1, 0.15) is 68.6 Å². The van der Waals surface area contributed by atoms with Crippen molar-refractivity contribution in [3.8, 4) is 18.1 Å². The van der Waals surface area contributed by atoms with E-state index in [1.165, 1.54) is 0 Å². The zero-order valence-electron chi connectivity index (χ0n) is 25.7. The van der Waals surface area contributed by atoms with Crippen molar-refractivity contribution < 1.29 is 19.1 Å². The van der Waals surface area contributed by atoms with Crippen LogP contribution < -0.4 is 30.5 Å². The second kappa shape index (κ2) is 16.1. The summed E-state index contributed by atoms with van der Waals surface area (Å²) in [6, 6.07) is 5.30. The molecule has 1 atom stereocenters. The average Bonchev–Trinajstić information content (AvgIpc) is 3.56. The lowest BCUT2D eigenvalue weighted by Gasteiger charge is -2.43. The van der Waals surface area contributed by atoms with Crippen molar-refractivity contribution >= 4 is 35.0 Å². The molecule has 43 heavy (non-hydrogen) atoms. The Labute approximate surface area is 255 Å². The number of nitrogens with zero attached hydrogens (tertiary/aromatic N) is 4. The second-order valence-electron chi connectivity index (χ2n) is 10.9. The number of carbonyl (C=O) groups excluding carboxylic acids is 2. The number of methoxy groups -OCH3 is 1. The number of ether oxygens (including phenoxy) is 2. The topological polar surface area (TPSA) is 121 Å². The largest absolute Gasteiger partial charge is 0.495 e. The fraction of sp³-hybridized carbons (Fsp3) is 0.562. The molecule has 1 aromatic carbocycles. The number of benzene rings is 1. The van der Waals surface area contributed by atoms with Gasteiger partial charge in [0.05, 0.1) is 25.6 Å². The van der Waals surface area contributed by atoms with Gasteiger partial charge in [-0.05, 0) is 63.4 Å². The van der Waals surface area contributed by atoms with Crippen LogP contribution in [-0.2, 0) is 9.53 Å². The van der Waals surface area contributed by atoms with E-state index in [1.807, 2.05) is 6.92 Å². The lowest BCUT2D eigenvalue weighted by atomic mass is 10.0. The van der Waals surface area contributed by atoms with Gasteiger partial charge in [-0.25, -0.2) is 4.98 Å². The number of nitrogens with one attached hydrogen (secondary N) is 3. The molecule has 0 radical (unpaired) electrons. The number of hydrogen-bond acceptors (Lipinski definition) is 9. The van der Waals surface area contributed by atoms with E-state index in [0.29, 0.717) is 61.2 Å². The van der Waals surface area contributed by atoms with Crippen LogP contribution in [-0.4, -0.2) is 80.9 Å². The van der Waals surface area contributed by atoms with Crippen LogP contribution in [0.3, 0.4) is 0 Å². The van der Waals surface area contributed by atoms with Crippen LogP contribution in [0.2, 0.25) is 0 Å². The Kier molecular flexibility index (Phi) is 12.0. The first-order chi connectivity index (χ1) is 21.0. The van der Waals surface area contributed by atoms with Crippen molar-refractivity contribution in [2.24, 2.45) is 0 Å². The molecule has 2 heterocycles. The van der Waals surface area contributed by atoms with Gasteiger partial charge in [0.2, 0.25) is 11.9 Å². The van der Waals surface area contributed by atoms with Gasteiger partial charge in [0, 0.05) is 38.2 Å². The molecule has 0 saturated heterocycles. The molecule has 0 spiro atoms. The van der Waals surface area contributed by atoms with Gasteiger partial charge in [0.15, 0.2) is 5.82 Å². The fourth-order valence-corrected chi connectivity index (χ4v) is 5.67. The minimum Gasteiger partial charge on any atom is -0.495 e. The molecule has 1 aliphatic carbocycles. The van der Waals surface area contributed by atoms with Crippen LogP contribution in [0.5, 0.6) is 5.75 Å². The molecular formula is C32H45N7O4. The zero-order chi connectivity index (χ0) is 30.6. The van der Waals surface area contributed by atoms with Gasteiger partial charge in [-0.15, -0.1) is 12.3 Å². The highest BCUT2D eigenvalue weighted by molar-refractivity contribution is 6.04. The van der Waals surface area contributed by atoms with Gasteiger partial charge < -0.3 is 35.2 Å². The molecule has 2 aromatic rings. The van der Waals surface area contributed by atoms with Crippen LogP contribution in [0, 0.1) is 12.3 Å². The maximum atomic E-state index is 13.2. The first-order valence-electron chi connectivity index (χ1n) is 15.4. The molecule has 3 N–H and O–H groups in total. The van der Waals surface area contributed by atoms with Crippen molar-refractivity contribution in [1.82, 2.24) is 20.6 Å². The summed E-state index contributed by atoms with van der Waals surface area (Å²) in [5.41, 5.74) is 1.86. The maximum absolute atomic E-state index is 13.2. The molecule has 1 fully saturated rings. The van der Waals surface area contributed by atoms with Gasteiger partial charge >= 0.3 is 0 Å². The number of likely N-dealkylation sites (N-methyl/N-ethyl adjacent to an activating group) is 1. The van der Waals surface area contributed by atoms with Gasteiger partial charge in [0.25, 0.3) is 5.91 Å². The number of aromatic nitrogens is 2. The highest BCUT2D eigenvalue weighted by Crippen LogP contribution is 2.40. The third kappa shape index (κ3) is 8.15. The molecule has 2 aliphatic rings. The minimum absolute atomic E-state index is 0.0796. The van der Waals surface area contributed by atoms with E-state index < -0.39 is 0 Å². The molecule has 1 aromatic heterocycles. The summed E-state index contributed by atoms with van der Waals surface area (Å²) >= 11 is 0. The van der Waals surface area contributed by atoms with Gasteiger partial charge in [-0.1, -0.05) is 19.8 Å². The fourth-order valence-electron chi connectivity index (χ4n) is 5.67. The summed E-state index contributed by atoms with van der Waals surface area (Å²) in [4.78, 5) is 39.2. The predicted molar refractivity (Wildman–Crippen MR) is 169 cm³/mol. The van der Waals surface area contributed by atoms with Crippen molar-refractivity contribution in [1.29, 1.82) is 0 Å². The van der Waals surface area contributed by atoms with E-state index in [0.717, 1.165) is 57.4 Å². The minimum atomic E-state index is -0.240. The third-order valence-corrected chi connectivity index (χ3v) is 7.97.